The Morgan fingerprint density at radius 2 is 1.64 bits per heavy atom. The smallest absolute Gasteiger partial charge is 0.126 e. The van der Waals surface area contributed by atoms with Gasteiger partial charge in [-0.2, -0.15) is 0 Å². The van der Waals surface area contributed by atoms with Crippen LogP contribution in [0.3, 0.4) is 0 Å². The summed E-state index contributed by atoms with van der Waals surface area (Å²) in [5.41, 5.74) is 0.512. The number of nitrogens with zero attached hydrogens (tertiary/aromatic N) is 1. The van der Waals surface area contributed by atoms with Crippen LogP contribution in [0.4, 0.5) is 4.39 Å². The molecule has 0 aliphatic carbocycles. The first-order valence-electron chi connectivity index (χ1n) is 11.1. The number of benzene rings is 2. The third kappa shape index (κ3) is 8.59. The summed E-state index contributed by atoms with van der Waals surface area (Å²) >= 11 is 11.9. The predicted octanol–water partition coefficient (Wildman–Crippen LogP) is 3.67. The number of hydrogen-bond acceptors (Lipinski definition) is 6. The molecule has 33 heavy (non-hydrogen) atoms. The standard InChI is InChI=1S/C24H31Cl2FN2O4/c1-16-10-20(3-5-24(16)27)32-14-18(30)12-28-17-6-8-29(9-7-17)13-19(31)15-33-21-2-4-22(25)23(26)11-21/h2-5,10-11,17-19,28,30-31H,6-9,12-15H2,1H3/t18-,19-/m1/s1. The zero-order chi connectivity index (χ0) is 23.8. The first-order valence-corrected chi connectivity index (χ1v) is 11.8. The number of aryl methyl sites for hydroxylation is 1. The van der Waals surface area contributed by atoms with E-state index < -0.39 is 12.2 Å². The van der Waals surface area contributed by atoms with Gasteiger partial charge in [-0.1, -0.05) is 23.2 Å². The fraction of sp³-hybridized carbons (Fsp3) is 0.500. The lowest BCUT2D eigenvalue weighted by molar-refractivity contribution is 0.0556. The molecule has 0 amide bonds. The molecule has 2 aromatic rings. The molecule has 0 unspecified atom stereocenters. The van der Waals surface area contributed by atoms with Crippen molar-refractivity contribution in [1.29, 1.82) is 0 Å². The lowest BCUT2D eigenvalue weighted by Crippen LogP contribution is -2.47. The van der Waals surface area contributed by atoms with E-state index >= 15 is 0 Å². The van der Waals surface area contributed by atoms with Gasteiger partial charge in [-0.25, -0.2) is 4.39 Å². The highest BCUT2D eigenvalue weighted by Crippen LogP contribution is 2.26. The van der Waals surface area contributed by atoms with E-state index in [0.29, 0.717) is 46.2 Å². The molecule has 2 atom stereocenters. The molecular formula is C24H31Cl2FN2O4. The van der Waals surface area contributed by atoms with Crippen molar-refractivity contribution < 1.29 is 24.1 Å². The second-order valence-corrected chi connectivity index (χ2v) is 9.21. The zero-order valence-electron chi connectivity index (χ0n) is 18.6. The number of piperidine rings is 1. The largest absolute Gasteiger partial charge is 0.491 e. The Morgan fingerprint density at radius 3 is 2.30 bits per heavy atom. The van der Waals surface area contributed by atoms with Gasteiger partial charge >= 0.3 is 0 Å². The molecule has 0 spiro atoms. The summed E-state index contributed by atoms with van der Waals surface area (Å²) in [5, 5.41) is 24.8. The molecule has 1 aliphatic heterocycles. The molecule has 0 aromatic heterocycles. The lowest BCUT2D eigenvalue weighted by atomic mass is 10.0. The van der Waals surface area contributed by atoms with Crippen LogP contribution < -0.4 is 14.8 Å². The number of rotatable bonds is 11. The predicted molar refractivity (Wildman–Crippen MR) is 128 cm³/mol. The highest BCUT2D eigenvalue weighted by Gasteiger charge is 2.22. The van der Waals surface area contributed by atoms with E-state index in [9.17, 15) is 14.6 Å². The monoisotopic (exact) mass is 500 g/mol. The Bertz CT molecular complexity index is 897. The minimum atomic E-state index is -0.659. The number of halogens is 3. The quantitative estimate of drug-likeness (QED) is 0.437. The summed E-state index contributed by atoms with van der Waals surface area (Å²) in [6.07, 6.45) is 0.572. The number of aliphatic hydroxyl groups is 2. The van der Waals surface area contributed by atoms with Gasteiger partial charge in [0.15, 0.2) is 0 Å². The Labute approximate surface area is 204 Å². The fourth-order valence-electron chi connectivity index (χ4n) is 3.69. The van der Waals surface area contributed by atoms with Crippen LogP contribution in [0.1, 0.15) is 18.4 Å². The van der Waals surface area contributed by atoms with Crippen LogP contribution in [0.25, 0.3) is 0 Å². The van der Waals surface area contributed by atoms with Crippen LogP contribution in [-0.4, -0.2) is 72.8 Å². The van der Waals surface area contributed by atoms with Gasteiger partial charge in [0.2, 0.25) is 0 Å². The van der Waals surface area contributed by atoms with Crippen molar-refractivity contribution in [3.8, 4) is 11.5 Å². The molecule has 182 valence electrons. The normalized spacial score (nSPS) is 17.0. The van der Waals surface area contributed by atoms with E-state index in [2.05, 4.69) is 10.2 Å². The van der Waals surface area contributed by atoms with Gasteiger partial charge < -0.3 is 29.9 Å². The molecule has 3 rings (SSSR count). The van der Waals surface area contributed by atoms with Crippen molar-refractivity contribution >= 4 is 23.2 Å². The Hall–Kier alpha value is -1.61. The topological polar surface area (TPSA) is 74.2 Å². The van der Waals surface area contributed by atoms with E-state index in [-0.39, 0.29) is 19.0 Å². The number of aliphatic hydroxyl groups excluding tert-OH is 2. The van der Waals surface area contributed by atoms with Crippen LogP contribution in [0.15, 0.2) is 36.4 Å². The number of likely N-dealkylation sites (tertiary alicyclic amines) is 1. The van der Waals surface area contributed by atoms with Gasteiger partial charge in [0.25, 0.3) is 0 Å². The minimum Gasteiger partial charge on any atom is -0.491 e. The fourth-order valence-corrected chi connectivity index (χ4v) is 3.98. The maximum Gasteiger partial charge on any atom is 0.126 e. The molecule has 0 bridgehead atoms. The highest BCUT2D eigenvalue weighted by molar-refractivity contribution is 6.42. The molecular weight excluding hydrogens is 470 g/mol. The lowest BCUT2D eigenvalue weighted by Gasteiger charge is -2.33. The van der Waals surface area contributed by atoms with Gasteiger partial charge in [-0.05, 0) is 68.8 Å². The summed E-state index contributed by atoms with van der Waals surface area (Å²) in [5.74, 6) is 0.842. The summed E-state index contributed by atoms with van der Waals surface area (Å²) < 4.78 is 24.5. The van der Waals surface area contributed by atoms with Crippen LogP contribution in [-0.2, 0) is 0 Å². The zero-order valence-corrected chi connectivity index (χ0v) is 20.2. The molecule has 1 aliphatic rings. The summed E-state index contributed by atoms with van der Waals surface area (Å²) in [4.78, 5) is 2.21. The molecule has 6 nitrogen and oxygen atoms in total. The average Bonchev–Trinajstić information content (AvgIpc) is 2.80. The van der Waals surface area contributed by atoms with Gasteiger partial charge in [-0.15, -0.1) is 0 Å². The highest BCUT2D eigenvalue weighted by atomic mass is 35.5. The second kappa shape index (κ2) is 12.7. The SMILES string of the molecule is Cc1cc(OC[C@H](O)CNC2CCN(C[C@@H](O)COc3ccc(Cl)c(Cl)c3)CC2)ccc1F. The van der Waals surface area contributed by atoms with Gasteiger partial charge in [-0.3, -0.25) is 0 Å². The summed E-state index contributed by atoms with van der Waals surface area (Å²) in [6.45, 7) is 4.64. The first kappa shape index (κ1) is 26.0. The van der Waals surface area contributed by atoms with Gasteiger partial charge in [0.05, 0.1) is 10.0 Å². The van der Waals surface area contributed by atoms with E-state index in [1.54, 1.807) is 37.3 Å². The number of nitrogens with one attached hydrogen (secondary N) is 1. The number of hydrogen-bond donors (Lipinski definition) is 3. The average molecular weight is 501 g/mol. The molecule has 2 aromatic carbocycles. The molecule has 3 N–H and O–H groups in total. The Balaban J connectivity index is 1.29. The van der Waals surface area contributed by atoms with Crippen LogP contribution in [0.5, 0.6) is 11.5 Å². The maximum absolute atomic E-state index is 13.3. The second-order valence-electron chi connectivity index (χ2n) is 8.40. The molecule has 9 heteroatoms. The van der Waals surface area contributed by atoms with Crippen molar-refractivity contribution in [2.24, 2.45) is 0 Å². The van der Waals surface area contributed by atoms with Crippen molar-refractivity contribution in [2.75, 3.05) is 39.4 Å². The van der Waals surface area contributed by atoms with Crippen LogP contribution in [0, 0.1) is 12.7 Å². The summed E-state index contributed by atoms with van der Waals surface area (Å²) in [7, 11) is 0. The third-order valence-corrected chi connectivity index (χ3v) is 6.34. The van der Waals surface area contributed by atoms with E-state index in [4.69, 9.17) is 32.7 Å². The van der Waals surface area contributed by atoms with Crippen LogP contribution >= 0.6 is 23.2 Å². The van der Waals surface area contributed by atoms with Crippen molar-refractivity contribution in [3.05, 3.63) is 57.8 Å². The maximum atomic E-state index is 13.3. The molecule has 1 fully saturated rings. The van der Waals surface area contributed by atoms with E-state index in [1.165, 1.54) is 6.07 Å². The Kier molecular flexibility index (Phi) is 10.0. The molecule has 1 saturated heterocycles. The Morgan fingerprint density at radius 1 is 1.00 bits per heavy atom. The number of β-amino-alcohol motifs (C(OH)–C–C–N with tert-alkyl or cyclic N) is 1. The summed E-state index contributed by atoms with van der Waals surface area (Å²) in [6, 6.07) is 9.85. The van der Waals surface area contributed by atoms with Gasteiger partial charge in [0, 0.05) is 25.2 Å². The molecule has 0 radical (unpaired) electrons. The van der Waals surface area contributed by atoms with Crippen molar-refractivity contribution in [3.63, 3.8) is 0 Å². The minimum absolute atomic E-state index is 0.141. The van der Waals surface area contributed by atoms with E-state index in [0.717, 1.165) is 25.9 Å². The van der Waals surface area contributed by atoms with E-state index in [1.807, 2.05) is 0 Å². The van der Waals surface area contributed by atoms with Crippen molar-refractivity contribution in [1.82, 2.24) is 10.2 Å². The first-order chi connectivity index (χ1) is 15.8. The number of ether oxygens (including phenoxy) is 2. The molecule has 0 saturated carbocycles. The van der Waals surface area contributed by atoms with Crippen LogP contribution in [0.2, 0.25) is 10.0 Å². The van der Waals surface area contributed by atoms with Gasteiger partial charge in [0.1, 0.15) is 42.7 Å². The molecule has 1 heterocycles. The third-order valence-electron chi connectivity index (χ3n) is 5.60. The van der Waals surface area contributed by atoms with Crippen molar-refractivity contribution in [2.45, 2.75) is 38.0 Å².